The highest BCUT2D eigenvalue weighted by molar-refractivity contribution is 9.10. The molecule has 0 bridgehead atoms. The smallest absolute Gasteiger partial charge is 0.259 e. The van der Waals surface area contributed by atoms with Crippen molar-refractivity contribution in [2.75, 3.05) is 25.5 Å². The standard InChI is InChI=1S/C20H23BrN2O4S/c1-14-8-10-23(11-9-14)28(25,26)17-6-7-19(27-2)18(13-17)20(24)22-16-5-3-4-15(21)12-16/h3-7,12-14H,8-11H2,1-2H3,(H,22,24). The number of benzene rings is 2. The Morgan fingerprint density at radius 3 is 2.54 bits per heavy atom. The van der Waals surface area contributed by atoms with Gasteiger partial charge in [0.2, 0.25) is 10.0 Å². The molecule has 0 unspecified atom stereocenters. The van der Waals surface area contributed by atoms with Crippen LogP contribution in [-0.2, 0) is 10.0 Å². The van der Waals surface area contributed by atoms with Crippen molar-refractivity contribution < 1.29 is 17.9 Å². The van der Waals surface area contributed by atoms with E-state index in [2.05, 4.69) is 28.2 Å². The van der Waals surface area contributed by atoms with Gasteiger partial charge in [-0.05, 0) is 55.2 Å². The maximum Gasteiger partial charge on any atom is 0.259 e. The van der Waals surface area contributed by atoms with E-state index in [1.807, 2.05) is 6.07 Å². The van der Waals surface area contributed by atoms with Gasteiger partial charge in [0.05, 0.1) is 17.6 Å². The molecule has 150 valence electrons. The van der Waals surface area contributed by atoms with Gasteiger partial charge in [-0.3, -0.25) is 4.79 Å². The summed E-state index contributed by atoms with van der Waals surface area (Å²) in [7, 11) is -2.21. The number of rotatable bonds is 5. The van der Waals surface area contributed by atoms with Gasteiger partial charge in [-0.1, -0.05) is 28.9 Å². The van der Waals surface area contributed by atoms with Gasteiger partial charge < -0.3 is 10.1 Å². The van der Waals surface area contributed by atoms with Gasteiger partial charge in [-0.15, -0.1) is 0 Å². The molecular weight excluding hydrogens is 444 g/mol. The summed E-state index contributed by atoms with van der Waals surface area (Å²) in [5.74, 6) is 0.409. The Hall–Kier alpha value is -1.90. The third-order valence-corrected chi connectivity index (χ3v) is 7.27. The van der Waals surface area contributed by atoms with Crippen LogP contribution in [0.2, 0.25) is 0 Å². The Balaban J connectivity index is 1.90. The van der Waals surface area contributed by atoms with Crippen LogP contribution in [0.25, 0.3) is 0 Å². The summed E-state index contributed by atoms with van der Waals surface area (Å²) in [6.45, 7) is 3.12. The van der Waals surface area contributed by atoms with Crippen LogP contribution in [0.4, 0.5) is 5.69 Å². The second-order valence-electron chi connectivity index (χ2n) is 6.91. The Morgan fingerprint density at radius 2 is 1.89 bits per heavy atom. The molecule has 0 spiro atoms. The summed E-state index contributed by atoms with van der Waals surface area (Å²) in [4.78, 5) is 12.9. The lowest BCUT2D eigenvalue weighted by atomic mass is 10.0. The molecule has 1 amide bonds. The molecule has 8 heteroatoms. The highest BCUT2D eigenvalue weighted by Crippen LogP contribution is 2.28. The van der Waals surface area contributed by atoms with Crippen molar-refractivity contribution in [2.45, 2.75) is 24.7 Å². The Morgan fingerprint density at radius 1 is 1.18 bits per heavy atom. The Labute approximate surface area is 174 Å². The average Bonchev–Trinajstić information content (AvgIpc) is 2.67. The van der Waals surface area contributed by atoms with E-state index >= 15 is 0 Å². The molecule has 2 aromatic rings. The lowest BCUT2D eigenvalue weighted by molar-refractivity contribution is 0.102. The molecule has 2 aromatic carbocycles. The lowest BCUT2D eigenvalue weighted by Crippen LogP contribution is -2.37. The molecule has 6 nitrogen and oxygen atoms in total. The number of methoxy groups -OCH3 is 1. The van der Waals surface area contributed by atoms with E-state index in [-0.39, 0.29) is 10.5 Å². The quantitative estimate of drug-likeness (QED) is 0.718. The third kappa shape index (κ3) is 4.56. The first-order valence-corrected chi connectivity index (χ1v) is 11.3. The lowest BCUT2D eigenvalue weighted by Gasteiger charge is -2.29. The molecule has 1 aliphatic heterocycles. The molecule has 0 aliphatic carbocycles. The molecule has 28 heavy (non-hydrogen) atoms. The minimum atomic E-state index is -3.66. The van der Waals surface area contributed by atoms with Gasteiger partial charge in [0.1, 0.15) is 5.75 Å². The molecule has 3 rings (SSSR count). The van der Waals surface area contributed by atoms with Crippen molar-refractivity contribution in [3.8, 4) is 5.75 Å². The predicted molar refractivity (Wildman–Crippen MR) is 112 cm³/mol. The Kier molecular flexibility index (Phi) is 6.42. The normalized spacial score (nSPS) is 16.0. The zero-order chi connectivity index (χ0) is 20.3. The van der Waals surface area contributed by atoms with E-state index in [9.17, 15) is 13.2 Å². The molecule has 0 saturated carbocycles. The van der Waals surface area contributed by atoms with Gasteiger partial charge in [0.25, 0.3) is 5.91 Å². The number of halogens is 1. The summed E-state index contributed by atoms with van der Waals surface area (Å²) in [5.41, 5.74) is 0.772. The SMILES string of the molecule is COc1ccc(S(=O)(=O)N2CCC(C)CC2)cc1C(=O)Nc1cccc(Br)c1. The number of carbonyl (C=O) groups excluding carboxylic acids is 1. The first kappa shape index (κ1) is 20.8. The number of hydrogen-bond donors (Lipinski definition) is 1. The van der Waals surface area contributed by atoms with E-state index in [1.54, 1.807) is 18.2 Å². The van der Waals surface area contributed by atoms with Crippen molar-refractivity contribution in [1.29, 1.82) is 0 Å². The number of nitrogens with zero attached hydrogens (tertiary/aromatic N) is 1. The van der Waals surface area contributed by atoms with Crippen LogP contribution in [0.3, 0.4) is 0 Å². The van der Waals surface area contributed by atoms with Crippen LogP contribution in [0.1, 0.15) is 30.1 Å². The van der Waals surface area contributed by atoms with Crippen LogP contribution in [0, 0.1) is 5.92 Å². The molecule has 0 aromatic heterocycles. The third-order valence-electron chi connectivity index (χ3n) is 4.88. The summed E-state index contributed by atoms with van der Waals surface area (Å²) in [6.07, 6.45) is 1.68. The zero-order valence-corrected chi connectivity index (χ0v) is 18.2. The van der Waals surface area contributed by atoms with Gasteiger partial charge in [-0.2, -0.15) is 4.31 Å². The number of anilines is 1. The summed E-state index contributed by atoms with van der Waals surface area (Å²) in [6, 6.07) is 11.6. The van der Waals surface area contributed by atoms with Gasteiger partial charge in [-0.25, -0.2) is 8.42 Å². The zero-order valence-electron chi connectivity index (χ0n) is 15.8. The summed E-state index contributed by atoms with van der Waals surface area (Å²) in [5, 5.41) is 2.78. The fourth-order valence-corrected chi connectivity index (χ4v) is 5.06. The summed E-state index contributed by atoms with van der Waals surface area (Å²) < 4.78 is 33.6. The predicted octanol–water partition coefficient (Wildman–Crippen LogP) is 4.13. The van der Waals surface area contributed by atoms with E-state index < -0.39 is 15.9 Å². The molecular formula is C20H23BrN2O4S. The minimum Gasteiger partial charge on any atom is -0.496 e. The molecule has 1 aliphatic rings. The monoisotopic (exact) mass is 466 g/mol. The number of ether oxygens (including phenoxy) is 1. The van der Waals surface area contributed by atoms with E-state index in [0.717, 1.165) is 17.3 Å². The number of piperidine rings is 1. The second kappa shape index (κ2) is 8.63. The average molecular weight is 467 g/mol. The largest absolute Gasteiger partial charge is 0.496 e. The van der Waals surface area contributed by atoms with Crippen molar-refractivity contribution >= 4 is 37.5 Å². The first-order valence-electron chi connectivity index (χ1n) is 9.06. The fourth-order valence-electron chi connectivity index (χ4n) is 3.16. The molecule has 1 fully saturated rings. The van der Waals surface area contributed by atoms with Crippen LogP contribution in [0.5, 0.6) is 5.75 Å². The van der Waals surface area contributed by atoms with Crippen molar-refractivity contribution in [3.63, 3.8) is 0 Å². The van der Waals surface area contributed by atoms with Crippen LogP contribution < -0.4 is 10.1 Å². The topological polar surface area (TPSA) is 75.7 Å². The van der Waals surface area contributed by atoms with E-state index in [1.165, 1.54) is 29.6 Å². The number of hydrogen-bond acceptors (Lipinski definition) is 4. The molecule has 0 atom stereocenters. The van der Waals surface area contributed by atoms with E-state index in [4.69, 9.17) is 4.74 Å². The maximum absolute atomic E-state index is 13.0. The van der Waals surface area contributed by atoms with Crippen molar-refractivity contribution in [2.24, 2.45) is 5.92 Å². The molecule has 0 radical (unpaired) electrons. The second-order valence-corrected chi connectivity index (χ2v) is 9.77. The summed E-state index contributed by atoms with van der Waals surface area (Å²) >= 11 is 3.36. The van der Waals surface area contributed by atoms with Crippen LogP contribution in [-0.4, -0.2) is 38.8 Å². The highest BCUT2D eigenvalue weighted by atomic mass is 79.9. The Bertz CT molecular complexity index is 970. The first-order chi connectivity index (χ1) is 13.3. The number of nitrogens with one attached hydrogen (secondary N) is 1. The van der Waals surface area contributed by atoms with Gasteiger partial charge in [0.15, 0.2) is 0 Å². The molecule has 1 saturated heterocycles. The van der Waals surface area contributed by atoms with Crippen molar-refractivity contribution in [3.05, 3.63) is 52.5 Å². The maximum atomic E-state index is 13.0. The highest BCUT2D eigenvalue weighted by Gasteiger charge is 2.29. The minimum absolute atomic E-state index is 0.0993. The fraction of sp³-hybridized carbons (Fsp3) is 0.350. The van der Waals surface area contributed by atoms with Crippen LogP contribution in [0.15, 0.2) is 51.8 Å². The van der Waals surface area contributed by atoms with Crippen LogP contribution >= 0.6 is 15.9 Å². The van der Waals surface area contributed by atoms with Gasteiger partial charge in [0, 0.05) is 23.2 Å². The number of sulfonamides is 1. The number of amides is 1. The van der Waals surface area contributed by atoms with Crippen molar-refractivity contribution in [1.82, 2.24) is 4.31 Å². The number of carbonyl (C=O) groups is 1. The van der Waals surface area contributed by atoms with Gasteiger partial charge >= 0.3 is 0 Å². The molecule has 1 N–H and O–H groups in total. The van der Waals surface area contributed by atoms with E-state index in [0.29, 0.717) is 30.4 Å². The molecule has 1 heterocycles.